The fourth-order valence-electron chi connectivity index (χ4n) is 5.40. The molecule has 4 aromatic carbocycles. The first-order valence-electron chi connectivity index (χ1n) is 15.2. The minimum Gasteiger partial charge on any atom is -0.379 e. The van der Waals surface area contributed by atoms with Crippen LogP contribution in [-0.2, 0) is 14.8 Å². The number of sulfonamides is 1. The van der Waals surface area contributed by atoms with Crippen molar-refractivity contribution in [1.29, 1.82) is 0 Å². The number of benzene rings is 4. The molecule has 1 amide bonds. The molecule has 2 heterocycles. The smallest absolute Gasteiger partial charge is 0.293 e. The number of nitro benzene ring substituents is 1. The van der Waals surface area contributed by atoms with Crippen LogP contribution in [0.4, 0.5) is 11.4 Å². The van der Waals surface area contributed by atoms with E-state index in [1.165, 1.54) is 24.3 Å². The summed E-state index contributed by atoms with van der Waals surface area (Å²) < 4.78 is 35.1. The third kappa shape index (κ3) is 8.20. The molecule has 1 unspecified atom stereocenters. The number of thioether (sulfide) groups is 1. The van der Waals surface area contributed by atoms with Crippen LogP contribution in [0.2, 0.25) is 0 Å². The molecule has 2 N–H and O–H groups in total. The van der Waals surface area contributed by atoms with Gasteiger partial charge in [-0.05, 0) is 66.6 Å². The number of nitro groups is 1. The Balaban J connectivity index is 1.17. The van der Waals surface area contributed by atoms with E-state index in [0.29, 0.717) is 25.5 Å². The fraction of sp³-hybridized carbons (Fsp3) is 0.235. The van der Waals surface area contributed by atoms with Crippen molar-refractivity contribution in [3.8, 4) is 11.1 Å². The number of aromatic nitrogens is 1. The van der Waals surface area contributed by atoms with Gasteiger partial charge in [-0.3, -0.25) is 19.8 Å². The van der Waals surface area contributed by atoms with Crippen molar-refractivity contribution in [2.75, 3.05) is 43.9 Å². The van der Waals surface area contributed by atoms with Crippen LogP contribution in [0, 0.1) is 17.0 Å². The average Bonchev–Trinajstić information content (AvgIpc) is 3.47. The maximum Gasteiger partial charge on any atom is 0.293 e. The number of carbonyl (C=O) groups is 1. The highest BCUT2D eigenvalue weighted by molar-refractivity contribution is 7.99. The van der Waals surface area contributed by atoms with E-state index in [2.05, 4.69) is 19.9 Å². The van der Waals surface area contributed by atoms with Crippen molar-refractivity contribution < 1.29 is 22.9 Å². The molecule has 14 heteroatoms. The second-order valence-electron chi connectivity index (χ2n) is 11.2. The van der Waals surface area contributed by atoms with Crippen molar-refractivity contribution in [3.63, 3.8) is 0 Å². The van der Waals surface area contributed by atoms with Gasteiger partial charge in [0.2, 0.25) is 0 Å². The fourth-order valence-corrected chi connectivity index (χ4v) is 8.13. The summed E-state index contributed by atoms with van der Waals surface area (Å²) in [7, 11) is -4.43. The molecule has 0 bridgehead atoms. The first kappa shape index (κ1) is 33.6. The minimum absolute atomic E-state index is 0.127. The Kier molecular flexibility index (Phi) is 10.4. The van der Waals surface area contributed by atoms with E-state index in [1.54, 1.807) is 35.2 Å². The number of aryl methyl sites for hydroxylation is 1. The van der Waals surface area contributed by atoms with Crippen molar-refractivity contribution in [3.05, 3.63) is 112 Å². The monoisotopic (exact) mass is 703 g/mol. The van der Waals surface area contributed by atoms with Gasteiger partial charge in [0, 0.05) is 48.0 Å². The number of carbonyl (C=O) groups excluding carboxylic acids is 1. The number of fused-ring (bicyclic) bond motifs is 1. The molecule has 1 fully saturated rings. The first-order chi connectivity index (χ1) is 23.1. The third-order valence-corrected chi connectivity index (χ3v) is 11.3. The molecule has 248 valence electrons. The summed E-state index contributed by atoms with van der Waals surface area (Å²) in [4.78, 5) is 32.0. The topological polar surface area (TPSA) is 144 Å². The van der Waals surface area contributed by atoms with Gasteiger partial charge in [-0.15, -0.1) is 23.1 Å². The molecule has 1 saturated heterocycles. The highest BCUT2D eigenvalue weighted by atomic mass is 32.2. The molecule has 1 atom stereocenters. The SMILES string of the molecule is Cc1nc2cc(-c3ccc(C(=O)NS(=O)(=O)c4ccc(NC(CSc5ccccc5)CN5CCOCC5)c([N+](=O)[O-])c4)cc3)ccc2s1. The second-order valence-corrected chi connectivity index (χ2v) is 15.3. The molecule has 5 aromatic rings. The Morgan fingerprint density at radius 3 is 2.48 bits per heavy atom. The van der Waals surface area contributed by atoms with Crippen LogP contribution < -0.4 is 10.0 Å². The van der Waals surface area contributed by atoms with E-state index in [9.17, 15) is 23.3 Å². The van der Waals surface area contributed by atoms with E-state index in [1.807, 2.05) is 55.5 Å². The molecular formula is C34H33N5O6S3. The summed E-state index contributed by atoms with van der Waals surface area (Å²) in [6.45, 7) is 5.30. The van der Waals surface area contributed by atoms with Gasteiger partial charge in [0.05, 0.1) is 38.3 Å². The van der Waals surface area contributed by atoms with E-state index < -0.39 is 26.5 Å². The number of anilines is 1. The molecule has 0 saturated carbocycles. The maximum absolute atomic E-state index is 13.3. The standard InChI is InChI=1S/C34H33N5O6S3/c1-23-35-31-19-26(11-14-33(31)47-23)24-7-9-25(10-8-24)34(40)37-48(43,44)29-12-13-30(32(20-29)39(41)42)36-27(21-38-15-17-45-18-16-38)22-46-28-5-3-2-4-6-28/h2-14,19-20,27,36H,15-18,21-22H2,1H3,(H,37,40). The van der Waals surface area contributed by atoms with Crippen LogP contribution in [-0.4, -0.2) is 73.8 Å². The Morgan fingerprint density at radius 1 is 1.02 bits per heavy atom. The van der Waals surface area contributed by atoms with Gasteiger partial charge in [0.1, 0.15) is 5.69 Å². The molecule has 1 aromatic heterocycles. The van der Waals surface area contributed by atoms with Crippen LogP contribution in [0.25, 0.3) is 21.3 Å². The normalized spacial score (nSPS) is 14.4. The zero-order valence-electron chi connectivity index (χ0n) is 26.0. The molecule has 1 aliphatic rings. The maximum atomic E-state index is 13.3. The highest BCUT2D eigenvalue weighted by Crippen LogP contribution is 2.31. The van der Waals surface area contributed by atoms with Crippen LogP contribution in [0.15, 0.2) is 101 Å². The van der Waals surface area contributed by atoms with Crippen molar-refractivity contribution >= 4 is 60.6 Å². The van der Waals surface area contributed by atoms with Gasteiger partial charge >= 0.3 is 0 Å². The number of ether oxygens (including phenoxy) is 1. The Labute approximate surface area is 286 Å². The molecule has 0 spiro atoms. The lowest BCUT2D eigenvalue weighted by Gasteiger charge is -2.31. The number of morpholine rings is 1. The van der Waals surface area contributed by atoms with Gasteiger partial charge in [0.25, 0.3) is 21.6 Å². The van der Waals surface area contributed by atoms with E-state index in [-0.39, 0.29) is 22.2 Å². The molecular weight excluding hydrogens is 671 g/mol. The quantitative estimate of drug-likeness (QED) is 0.0875. The van der Waals surface area contributed by atoms with E-state index >= 15 is 0 Å². The Hall–Kier alpha value is -4.34. The summed E-state index contributed by atoms with van der Waals surface area (Å²) in [6.07, 6.45) is 0. The molecule has 11 nitrogen and oxygen atoms in total. The lowest BCUT2D eigenvalue weighted by molar-refractivity contribution is -0.384. The van der Waals surface area contributed by atoms with Crippen LogP contribution in [0.1, 0.15) is 15.4 Å². The Bertz CT molecular complexity index is 2030. The van der Waals surface area contributed by atoms with Crippen molar-refractivity contribution in [2.45, 2.75) is 22.8 Å². The van der Waals surface area contributed by atoms with Crippen molar-refractivity contribution in [1.82, 2.24) is 14.6 Å². The van der Waals surface area contributed by atoms with Gasteiger partial charge in [-0.25, -0.2) is 18.1 Å². The summed E-state index contributed by atoms with van der Waals surface area (Å²) >= 11 is 3.24. The summed E-state index contributed by atoms with van der Waals surface area (Å²) in [6, 6.07) is 25.8. The molecule has 1 aliphatic heterocycles. The zero-order chi connectivity index (χ0) is 33.7. The third-order valence-electron chi connectivity index (χ3n) is 7.81. The van der Waals surface area contributed by atoms with Crippen LogP contribution in [0.5, 0.6) is 0 Å². The largest absolute Gasteiger partial charge is 0.379 e. The number of hydrogen-bond donors (Lipinski definition) is 2. The van der Waals surface area contributed by atoms with Crippen molar-refractivity contribution in [2.24, 2.45) is 0 Å². The minimum atomic E-state index is -4.43. The Morgan fingerprint density at radius 2 is 1.75 bits per heavy atom. The number of rotatable bonds is 12. The molecule has 0 radical (unpaired) electrons. The first-order valence-corrected chi connectivity index (χ1v) is 18.5. The molecule has 0 aliphatic carbocycles. The van der Waals surface area contributed by atoms with Crippen LogP contribution >= 0.6 is 23.1 Å². The average molecular weight is 704 g/mol. The number of hydrogen-bond acceptors (Lipinski definition) is 11. The predicted molar refractivity (Wildman–Crippen MR) is 189 cm³/mol. The number of amides is 1. The second kappa shape index (κ2) is 14.8. The molecule has 48 heavy (non-hydrogen) atoms. The highest BCUT2D eigenvalue weighted by Gasteiger charge is 2.26. The number of thiazole rings is 1. The van der Waals surface area contributed by atoms with E-state index in [0.717, 1.165) is 50.4 Å². The van der Waals surface area contributed by atoms with Gasteiger partial charge in [0.15, 0.2) is 0 Å². The lowest BCUT2D eigenvalue weighted by Crippen LogP contribution is -2.44. The summed E-state index contributed by atoms with van der Waals surface area (Å²) in [5, 5.41) is 16.4. The zero-order valence-corrected chi connectivity index (χ0v) is 28.4. The molecule has 6 rings (SSSR count). The number of nitrogens with one attached hydrogen (secondary N) is 2. The van der Waals surface area contributed by atoms with Crippen LogP contribution in [0.3, 0.4) is 0 Å². The van der Waals surface area contributed by atoms with Gasteiger partial charge < -0.3 is 10.1 Å². The van der Waals surface area contributed by atoms with E-state index in [4.69, 9.17) is 4.74 Å². The lowest BCUT2D eigenvalue weighted by atomic mass is 10.0. The summed E-state index contributed by atoms with van der Waals surface area (Å²) in [5.74, 6) is -0.229. The summed E-state index contributed by atoms with van der Waals surface area (Å²) in [5.41, 5.74) is 2.56. The predicted octanol–water partition coefficient (Wildman–Crippen LogP) is 6.20. The van der Waals surface area contributed by atoms with Gasteiger partial charge in [-0.1, -0.05) is 36.4 Å². The number of nitrogens with zero attached hydrogens (tertiary/aromatic N) is 3. The van der Waals surface area contributed by atoms with Gasteiger partial charge in [-0.2, -0.15) is 0 Å².